The van der Waals surface area contributed by atoms with E-state index in [2.05, 4.69) is 20.0 Å². The van der Waals surface area contributed by atoms with Crippen LogP contribution in [0.5, 0.6) is 0 Å². The van der Waals surface area contributed by atoms with Crippen molar-refractivity contribution in [3.8, 4) is 22.8 Å². The average Bonchev–Trinajstić information content (AvgIpc) is 3.18. The Morgan fingerprint density at radius 1 is 1.25 bits per heavy atom. The molecule has 28 heavy (non-hydrogen) atoms. The zero-order valence-corrected chi connectivity index (χ0v) is 15.2. The molecule has 0 saturated carbocycles. The van der Waals surface area contributed by atoms with Gasteiger partial charge in [0.2, 0.25) is 11.7 Å². The van der Waals surface area contributed by atoms with Crippen LogP contribution in [0.25, 0.3) is 22.8 Å². The zero-order chi connectivity index (χ0) is 19.5. The minimum atomic E-state index is -0.408. The van der Waals surface area contributed by atoms with Crippen molar-refractivity contribution in [1.82, 2.24) is 15.1 Å². The van der Waals surface area contributed by atoms with Crippen LogP contribution in [0, 0.1) is 5.82 Å². The van der Waals surface area contributed by atoms with Gasteiger partial charge in [0, 0.05) is 25.2 Å². The van der Waals surface area contributed by atoms with E-state index in [9.17, 15) is 9.18 Å². The second-order valence-corrected chi connectivity index (χ2v) is 6.82. The number of primary amides is 1. The average molecular weight is 381 g/mol. The van der Waals surface area contributed by atoms with Gasteiger partial charge in [-0.15, -0.1) is 0 Å². The molecule has 0 radical (unpaired) electrons. The van der Waals surface area contributed by atoms with Crippen molar-refractivity contribution in [3.05, 3.63) is 48.4 Å². The molecule has 1 unspecified atom stereocenters. The summed E-state index contributed by atoms with van der Waals surface area (Å²) in [6.45, 7) is 0.836. The summed E-state index contributed by atoms with van der Waals surface area (Å²) >= 11 is 0. The van der Waals surface area contributed by atoms with Crippen LogP contribution < -0.4 is 10.6 Å². The van der Waals surface area contributed by atoms with Crippen molar-refractivity contribution in [2.24, 2.45) is 5.73 Å². The fourth-order valence-electron chi connectivity index (χ4n) is 3.52. The number of benzene rings is 1. The number of nitrogens with two attached hydrogens (primary N) is 1. The summed E-state index contributed by atoms with van der Waals surface area (Å²) in [5, 5.41) is 3.86. The SMILES string of the molecule is NC(=O)CC1CCCCN1c1ccc(-c2nc(-c3ccccc3F)no2)cn1. The summed E-state index contributed by atoms with van der Waals surface area (Å²) in [6.07, 6.45) is 5.01. The van der Waals surface area contributed by atoms with Crippen LogP contribution in [-0.2, 0) is 4.79 Å². The second kappa shape index (κ2) is 7.75. The molecule has 1 fully saturated rings. The number of pyridine rings is 1. The second-order valence-electron chi connectivity index (χ2n) is 6.82. The molecule has 2 N–H and O–H groups in total. The van der Waals surface area contributed by atoms with Gasteiger partial charge in [-0.05, 0) is 43.5 Å². The molecule has 3 heterocycles. The van der Waals surface area contributed by atoms with Gasteiger partial charge in [0.1, 0.15) is 11.6 Å². The molecular formula is C20H20FN5O2. The van der Waals surface area contributed by atoms with Crippen LogP contribution in [0.4, 0.5) is 10.2 Å². The summed E-state index contributed by atoms with van der Waals surface area (Å²) in [5.41, 5.74) is 6.31. The van der Waals surface area contributed by atoms with Gasteiger partial charge in [-0.3, -0.25) is 4.79 Å². The van der Waals surface area contributed by atoms with Crippen molar-refractivity contribution in [1.29, 1.82) is 0 Å². The van der Waals surface area contributed by atoms with Gasteiger partial charge in [0.05, 0.1) is 11.1 Å². The van der Waals surface area contributed by atoms with Crippen LogP contribution in [0.15, 0.2) is 47.1 Å². The van der Waals surface area contributed by atoms with Crippen LogP contribution in [0.1, 0.15) is 25.7 Å². The number of aromatic nitrogens is 3. The first-order valence-corrected chi connectivity index (χ1v) is 9.22. The third-order valence-corrected chi connectivity index (χ3v) is 4.89. The Hall–Kier alpha value is -3.29. The Balaban J connectivity index is 1.55. The largest absolute Gasteiger partial charge is 0.370 e. The van der Waals surface area contributed by atoms with E-state index in [-0.39, 0.29) is 29.2 Å². The first-order chi connectivity index (χ1) is 13.6. The summed E-state index contributed by atoms with van der Waals surface area (Å²) < 4.78 is 19.2. The Bertz CT molecular complexity index is 973. The van der Waals surface area contributed by atoms with E-state index < -0.39 is 5.82 Å². The number of piperidine rings is 1. The van der Waals surface area contributed by atoms with E-state index in [0.717, 1.165) is 31.6 Å². The molecule has 0 bridgehead atoms. The van der Waals surface area contributed by atoms with Gasteiger partial charge in [-0.2, -0.15) is 4.98 Å². The van der Waals surface area contributed by atoms with Crippen molar-refractivity contribution in [3.63, 3.8) is 0 Å². The third-order valence-electron chi connectivity index (χ3n) is 4.89. The maximum absolute atomic E-state index is 13.9. The minimum absolute atomic E-state index is 0.0701. The lowest BCUT2D eigenvalue weighted by Gasteiger charge is -2.36. The van der Waals surface area contributed by atoms with E-state index in [1.54, 1.807) is 24.4 Å². The molecule has 1 saturated heterocycles. The van der Waals surface area contributed by atoms with Crippen LogP contribution in [-0.4, -0.2) is 33.6 Å². The Morgan fingerprint density at radius 2 is 2.11 bits per heavy atom. The standard InChI is InChI=1S/C20H20FN5O2/c21-16-7-2-1-6-15(16)19-24-20(28-25-19)13-8-9-18(23-12-13)26-10-4-3-5-14(26)11-17(22)27/h1-2,6-9,12,14H,3-5,10-11H2,(H2,22,27). The quantitative estimate of drug-likeness (QED) is 0.729. The number of amides is 1. The highest BCUT2D eigenvalue weighted by molar-refractivity contribution is 5.75. The summed E-state index contributed by atoms with van der Waals surface area (Å²) in [7, 11) is 0. The molecular weight excluding hydrogens is 361 g/mol. The van der Waals surface area contributed by atoms with Crippen LogP contribution >= 0.6 is 0 Å². The van der Waals surface area contributed by atoms with Crippen molar-refractivity contribution in [2.75, 3.05) is 11.4 Å². The van der Waals surface area contributed by atoms with Gasteiger partial charge in [0.25, 0.3) is 5.89 Å². The summed E-state index contributed by atoms with van der Waals surface area (Å²) in [5.74, 6) is 0.525. The number of rotatable bonds is 5. The molecule has 0 spiro atoms. The predicted octanol–water partition coefficient (Wildman–Crippen LogP) is 3.17. The molecule has 144 valence electrons. The Morgan fingerprint density at radius 3 is 2.86 bits per heavy atom. The molecule has 2 aromatic heterocycles. The monoisotopic (exact) mass is 381 g/mol. The lowest BCUT2D eigenvalue weighted by atomic mass is 9.99. The molecule has 7 nitrogen and oxygen atoms in total. The Kier molecular flexibility index (Phi) is 5.01. The van der Waals surface area contributed by atoms with Crippen molar-refractivity contribution in [2.45, 2.75) is 31.7 Å². The molecule has 4 rings (SSSR count). The number of carbonyl (C=O) groups is 1. The first kappa shape index (κ1) is 18.1. The number of anilines is 1. The van der Waals surface area contributed by atoms with E-state index >= 15 is 0 Å². The van der Waals surface area contributed by atoms with Crippen molar-refractivity contribution < 1.29 is 13.7 Å². The summed E-state index contributed by atoms with van der Waals surface area (Å²) in [4.78, 5) is 22.3. The van der Waals surface area contributed by atoms with E-state index in [0.29, 0.717) is 12.0 Å². The fraction of sp³-hybridized carbons (Fsp3) is 0.300. The highest BCUT2D eigenvalue weighted by Gasteiger charge is 2.25. The maximum Gasteiger partial charge on any atom is 0.259 e. The fourth-order valence-corrected chi connectivity index (χ4v) is 3.52. The predicted molar refractivity (Wildman–Crippen MR) is 102 cm³/mol. The number of hydrogen-bond donors (Lipinski definition) is 1. The maximum atomic E-state index is 13.9. The minimum Gasteiger partial charge on any atom is -0.370 e. The van der Waals surface area contributed by atoms with Crippen LogP contribution in [0.2, 0.25) is 0 Å². The molecule has 0 aliphatic carbocycles. The van der Waals surface area contributed by atoms with E-state index in [1.165, 1.54) is 6.07 Å². The third kappa shape index (κ3) is 3.71. The number of carbonyl (C=O) groups excluding carboxylic acids is 1. The van der Waals surface area contributed by atoms with Crippen molar-refractivity contribution >= 4 is 11.7 Å². The van der Waals surface area contributed by atoms with E-state index in [1.807, 2.05) is 12.1 Å². The summed E-state index contributed by atoms with van der Waals surface area (Å²) in [6, 6.07) is 10.0. The smallest absolute Gasteiger partial charge is 0.259 e. The van der Waals surface area contributed by atoms with Gasteiger partial charge in [0.15, 0.2) is 0 Å². The molecule has 1 aromatic carbocycles. The first-order valence-electron chi connectivity index (χ1n) is 9.22. The number of nitrogens with zero attached hydrogens (tertiary/aromatic N) is 4. The lowest BCUT2D eigenvalue weighted by Crippen LogP contribution is -2.42. The van der Waals surface area contributed by atoms with Gasteiger partial charge >= 0.3 is 0 Å². The van der Waals surface area contributed by atoms with Crippen LogP contribution in [0.3, 0.4) is 0 Å². The number of hydrogen-bond acceptors (Lipinski definition) is 6. The van der Waals surface area contributed by atoms with Gasteiger partial charge in [-0.25, -0.2) is 9.37 Å². The topological polar surface area (TPSA) is 98.1 Å². The number of halogens is 1. The highest BCUT2D eigenvalue weighted by Crippen LogP contribution is 2.28. The normalized spacial score (nSPS) is 16.9. The Labute approximate surface area is 161 Å². The van der Waals surface area contributed by atoms with E-state index in [4.69, 9.17) is 10.3 Å². The zero-order valence-electron chi connectivity index (χ0n) is 15.2. The molecule has 1 aliphatic heterocycles. The lowest BCUT2D eigenvalue weighted by molar-refractivity contribution is -0.118. The van der Waals surface area contributed by atoms with Gasteiger partial charge < -0.3 is 15.2 Å². The molecule has 1 atom stereocenters. The molecule has 8 heteroatoms. The molecule has 1 aliphatic rings. The highest BCUT2D eigenvalue weighted by atomic mass is 19.1. The van der Waals surface area contributed by atoms with Gasteiger partial charge in [-0.1, -0.05) is 17.3 Å². The molecule has 3 aromatic rings. The molecule has 1 amide bonds.